The van der Waals surface area contributed by atoms with Crippen molar-refractivity contribution in [3.63, 3.8) is 0 Å². The van der Waals surface area contributed by atoms with E-state index in [-0.39, 0.29) is 6.04 Å². The highest BCUT2D eigenvalue weighted by atomic mass is 32.1. The van der Waals surface area contributed by atoms with E-state index in [1.165, 1.54) is 5.69 Å². The molecule has 5 heteroatoms. The predicted octanol–water partition coefficient (Wildman–Crippen LogP) is 1.98. The lowest BCUT2D eigenvalue weighted by Crippen LogP contribution is -2.14. The molecule has 0 bridgehead atoms. The Kier molecular flexibility index (Phi) is 3.36. The molecule has 1 N–H and O–H groups in total. The van der Waals surface area contributed by atoms with Crippen LogP contribution in [0.3, 0.4) is 0 Å². The minimum Gasteiger partial charge on any atom is -0.324 e. The Hall–Kier alpha value is -1.20. The van der Waals surface area contributed by atoms with E-state index < -0.39 is 0 Å². The topological polar surface area (TPSA) is 42.7 Å². The molecule has 0 aliphatic heterocycles. The number of rotatable bonds is 4. The molecule has 2 aromatic heterocycles. The van der Waals surface area contributed by atoms with Gasteiger partial charge in [0.2, 0.25) is 0 Å². The van der Waals surface area contributed by atoms with Crippen molar-refractivity contribution in [1.82, 2.24) is 19.9 Å². The van der Waals surface area contributed by atoms with Crippen molar-refractivity contribution < 1.29 is 0 Å². The standard InChI is InChI=1S/C11H16N4S/c1-8-6-16-11(14-8)9(2)15-7-13-5-10(15)4-12-3/h5-7,9,12H,4H2,1-3H3. The Morgan fingerprint density at radius 2 is 2.38 bits per heavy atom. The fourth-order valence-corrected chi connectivity index (χ4v) is 2.53. The van der Waals surface area contributed by atoms with Crippen molar-refractivity contribution in [1.29, 1.82) is 0 Å². The van der Waals surface area contributed by atoms with Gasteiger partial charge < -0.3 is 9.88 Å². The fraction of sp³-hybridized carbons (Fsp3) is 0.455. The SMILES string of the molecule is CNCc1cncn1C(C)c1nc(C)cs1. The van der Waals surface area contributed by atoms with Gasteiger partial charge in [-0.15, -0.1) is 11.3 Å². The summed E-state index contributed by atoms with van der Waals surface area (Å²) >= 11 is 1.70. The molecular weight excluding hydrogens is 220 g/mol. The number of imidazole rings is 1. The van der Waals surface area contributed by atoms with Crippen LogP contribution in [-0.4, -0.2) is 21.6 Å². The van der Waals surface area contributed by atoms with Gasteiger partial charge in [0, 0.05) is 23.8 Å². The molecule has 2 rings (SSSR count). The number of aryl methyl sites for hydroxylation is 1. The summed E-state index contributed by atoms with van der Waals surface area (Å²) < 4.78 is 2.16. The molecule has 16 heavy (non-hydrogen) atoms. The van der Waals surface area contributed by atoms with E-state index in [0.29, 0.717) is 0 Å². The van der Waals surface area contributed by atoms with Crippen molar-refractivity contribution >= 4 is 11.3 Å². The van der Waals surface area contributed by atoms with E-state index in [9.17, 15) is 0 Å². The van der Waals surface area contributed by atoms with Gasteiger partial charge in [-0.3, -0.25) is 0 Å². The summed E-state index contributed by atoms with van der Waals surface area (Å²) in [6.45, 7) is 5.00. The first-order chi connectivity index (χ1) is 7.72. The average molecular weight is 236 g/mol. The third kappa shape index (κ3) is 2.15. The summed E-state index contributed by atoms with van der Waals surface area (Å²) in [5, 5.41) is 6.36. The highest BCUT2D eigenvalue weighted by Gasteiger charge is 2.13. The summed E-state index contributed by atoms with van der Waals surface area (Å²) in [4.78, 5) is 8.71. The Morgan fingerprint density at radius 1 is 1.56 bits per heavy atom. The number of thiazole rings is 1. The van der Waals surface area contributed by atoms with Gasteiger partial charge in [-0.2, -0.15) is 0 Å². The number of aromatic nitrogens is 3. The molecule has 0 aliphatic carbocycles. The molecule has 86 valence electrons. The van der Waals surface area contributed by atoms with Crippen LogP contribution in [-0.2, 0) is 6.54 Å². The Balaban J connectivity index is 2.26. The van der Waals surface area contributed by atoms with Crippen molar-refractivity contribution in [2.75, 3.05) is 7.05 Å². The quantitative estimate of drug-likeness (QED) is 0.882. The first-order valence-electron chi connectivity index (χ1n) is 5.29. The highest BCUT2D eigenvalue weighted by molar-refractivity contribution is 7.09. The molecule has 0 fully saturated rings. The van der Waals surface area contributed by atoms with E-state index in [4.69, 9.17) is 0 Å². The van der Waals surface area contributed by atoms with E-state index >= 15 is 0 Å². The summed E-state index contributed by atoms with van der Waals surface area (Å²) in [5.41, 5.74) is 2.27. The van der Waals surface area contributed by atoms with Gasteiger partial charge in [-0.1, -0.05) is 0 Å². The maximum Gasteiger partial charge on any atom is 0.115 e. The number of nitrogens with zero attached hydrogens (tertiary/aromatic N) is 3. The molecule has 0 amide bonds. The maximum atomic E-state index is 4.52. The average Bonchev–Trinajstić information content (AvgIpc) is 2.87. The molecule has 4 nitrogen and oxygen atoms in total. The molecule has 2 aromatic rings. The molecule has 0 spiro atoms. The molecule has 0 aromatic carbocycles. The fourth-order valence-electron chi connectivity index (χ4n) is 1.68. The molecular formula is C11H16N4S. The molecule has 1 unspecified atom stereocenters. The summed E-state index contributed by atoms with van der Waals surface area (Å²) in [5.74, 6) is 0. The summed E-state index contributed by atoms with van der Waals surface area (Å²) in [6.07, 6.45) is 3.77. The van der Waals surface area contributed by atoms with E-state index in [1.54, 1.807) is 11.3 Å². The number of nitrogens with one attached hydrogen (secondary N) is 1. The van der Waals surface area contributed by atoms with Gasteiger partial charge in [0.05, 0.1) is 18.1 Å². The number of hydrogen-bond acceptors (Lipinski definition) is 4. The van der Waals surface area contributed by atoms with Gasteiger partial charge in [-0.05, 0) is 20.9 Å². The predicted molar refractivity (Wildman–Crippen MR) is 65.7 cm³/mol. The van der Waals surface area contributed by atoms with Crippen LogP contribution in [0.5, 0.6) is 0 Å². The number of hydrogen-bond donors (Lipinski definition) is 1. The second-order valence-electron chi connectivity index (χ2n) is 3.83. The van der Waals surface area contributed by atoms with Crippen LogP contribution in [0, 0.1) is 6.92 Å². The first-order valence-corrected chi connectivity index (χ1v) is 6.17. The van der Waals surface area contributed by atoms with Gasteiger partial charge in [0.15, 0.2) is 0 Å². The zero-order valence-electron chi connectivity index (χ0n) is 9.77. The zero-order valence-corrected chi connectivity index (χ0v) is 10.6. The zero-order chi connectivity index (χ0) is 11.5. The van der Waals surface area contributed by atoms with Crippen LogP contribution in [0.25, 0.3) is 0 Å². The van der Waals surface area contributed by atoms with E-state index in [2.05, 4.69) is 32.2 Å². The second kappa shape index (κ2) is 4.76. The lowest BCUT2D eigenvalue weighted by Gasteiger charge is -2.13. The lowest BCUT2D eigenvalue weighted by molar-refractivity contribution is 0.590. The van der Waals surface area contributed by atoms with E-state index in [1.807, 2.05) is 26.5 Å². The smallest absolute Gasteiger partial charge is 0.115 e. The van der Waals surface area contributed by atoms with Gasteiger partial charge in [-0.25, -0.2) is 9.97 Å². The maximum absolute atomic E-state index is 4.52. The van der Waals surface area contributed by atoms with Crippen molar-refractivity contribution in [2.45, 2.75) is 26.4 Å². The van der Waals surface area contributed by atoms with Crippen LogP contribution in [0.4, 0.5) is 0 Å². The largest absolute Gasteiger partial charge is 0.324 e. The Morgan fingerprint density at radius 3 is 3.00 bits per heavy atom. The first kappa shape index (κ1) is 11.3. The van der Waals surface area contributed by atoms with Crippen molar-refractivity contribution in [2.24, 2.45) is 0 Å². The summed E-state index contributed by atoms with van der Waals surface area (Å²) in [6, 6.07) is 0.254. The Bertz CT molecular complexity index is 460. The van der Waals surface area contributed by atoms with E-state index in [0.717, 1.165) is 17.2 Å². The normalized spacial score (nSPS) is 12.9. The molecule has 0 saturated carbocycles. The highest BCUT2D eigenvalue weighted by Crippen LogP contribution is 2.22. The summed E-state index contributed by atoms with van der Waals surface area (Å²) in [7, 11) is 1.94. The molecule has 0 radical (unpaired) electrons. The Labute approximate surface area is 99.4 Å². The van der Waals surface area contributed by atoms with Gasteiger partial charge in [0.25, 0.3) is 0 Å². The van der Waals surface area contributed by atoms with Crippen LogP contribution in [0.1, 0.15) is 29.4 Å². The minimum atomic E-state index is 0.254. The van der Waals surface area contributed by atoms with Crippen LogP contribution >= 0.6 is 11.3 Å². The molecule has 0 aliphatic rings. The van der Waals surface area contributed by atoms with Crippen LogP contribution in [0.15, 0.2) is 17.9 Å². The van der Waals surface area contributed by atoms with Crippen molar-refractivity contribution in [3.05, 3.63) is 34.3 Å². The van der Waals surface area contributed by atoms with Crippen molar-refractivity contribution in [3.8, 4) is 0 Å². The minimum absolute atomic E-state index is 0.254. The monoisotopic (exact) mass is 236 g/mol. The molecule has 0 saturated heterocycles. The molecule has 1 atom stereocenters. The van der Waals surface area contributed by atoms with Gasteiger partial charge >= 0.3 is 0 Å². The molecule has 2 heterocycles. The van der Waals surface area contributed by atoms with Crippen LogP contribution in [0.2, 0.25) is 0 Å². The third-order valence-corrected chi connectivity index (χ3v) is 3.65. The lowest BCUT2D eigenvalue weighted by atomic mass is 10.3. The van der Waals surface area contributed by atoms with Gasteiger partial charge in [0.1, 0.15) is 5.01 Å². The van der Waals surface area contributed by atoms with Crippen LogP contribution < -0.4 is 5.32 Å². The third-order valence-electron chi connectivity index (χ3n) is 2.52. The second-order valence-corrected chi connectivity index (χ2v) is 4.72.